The molecule has 3 aromatic carbocycles. The Morgan fingerprint density at radius 3 is 2.35 bits per heavy atom. The van der Waals surface area contributed by atoms with E-state index in [2.05, 4.69) is 10.3 Å². The van der Waals surface area contributed by atoms with Crippen molar-refractivity contribution in [3.05, 3.63) is 126 Å². The summed E-state index contributed by atoms with van der Waals surface area (Å²) in [4.78, 5) is 44.0. The maximum absolute atomic E-state index is 13.8. The van der Waals surface area contributed by atoms with E-state index >= 15 is 0 Å². The number of aryl methyl sites for hydroxylation is 2. The number of thiazole rings is 1. The molecule has 4 aromatic rings. The Kier molecular flexibility index (Phi) is 7.23. The Labute approximate surface area is 234 Å². The van der Waals surface area contributed by atoms with E-state index in [0.717, 1.165) is 16.7 Å². The molecule has 1 aliphatic heterocycles. The first-order chi connectivity index (χ1) is 19.2. The van der Waals surface area contributed by atoms with Crippen LogP contribution in [0.1, 0.15) is 45.6 Å². The summed E-state index contributed by atoms with van der Waals surface area (Å²) < 4.78 is 7.29. The van der Waals surface area contributed by atoms with Gasteiger partial charge in [0, 0.05) is 5.69 Å². The lowest BCUT2D eigenvalue weighted by Crippen LogP contribution is -2.40. The minimum Gasteiger partial charge on any atom is -0.497 e. The summed E-state index contributed by atoms with van der Waals surface area (Å²) in [7, 11) is 1.58. The van der Waals surface area contributed by atoms with Gasteiger partial charge in [-0.2, -0.15) is 0 Å². The molecule has 0 bridgehead atoms. The van der Waals surface area contributed by atoms with E-state index in [4.69, 9.17) is 4.74 Å². The Morgan fingerprint density at radius 2 is 1.73 bits per heavy atom. The van der Waals surface area contributed by atoms with Crippen LogP contribution < -0.4 is 24.9 Å². The van der Waals surface area contributed by atoms with Crippen molar-refractivity contribution < 1.29 is 19.4 Å². The Bertz CT molecular complexity index is 1850. The van der Waals surface area contributed by atoms with Gasteiger partial charge in [-0.15, -0.1) is 0 Å². The summed E-state index contributed by atoms with van der Waals surface area (Å²) in [5, 5.41) is 12.2. The van der Waals surface area contributed by atoms with Gasteiger partial charge in [-0.05, 0) is 73.9 Å². The number of benzene rings is 3. The lowest BCUT2D eigenvalue weighted by atomic mass is 9.95. The third kappa shape index (κ3) is 5.11. The van der Waals surface area contributed by atoms with Crippen molar-refractivity contribution in [2.24, 2.45) is 4.99 Å². The molecule has 0 spiro atoms. The molecule has 202 valence electrons. The standard InChI is InChI=1S/C31H27N3O5S/c1-17-5-14-24(18(2)15-17)33-28(35)26-19(3)32-31-34(27(26)21-10-12-23(39-4)13-11-21)29(36)25(40-31)16-20-6-8-22(9-7-20)30(37)38/h5-16,27H,1-4H3,(H,33,35)(H,37,38)/b25-16+/t27-/m1/s1. The van der Waals surface area contributed by atoms with Crippen LogP contribution in [-0.4, -0.2) is 28.7 Å². The van der Waals surface area contributed by atoms with Crippen molar-refractivity contribution in [3.8, 4) is 5.75 Å². The van der Waals surface area contributed by atoms with E-state index in [1.165, 1.54) is 23.5 Å². The highest BCUT2D eigenvalue weighted by Gasteiger charge is 2.32. The second-order valence-electron chi connectivity index (χ2n) is 9.55. The zero-order chi connectivity index (χ0) is 28.6. The van der Waals surface area contributed by atoms with E-state index in [-0.39, 0.29) is 17.0 Å². The number of carbonyl (C=O) groups excluding carboxylic acids is 1. The number of fused-ring (bicyclic) bond motifs is 1. The normalized spacial score (nSPS) is 14.9. The summed E-state index contributed by atoms with van der Waals surface area (Å²) in [5.74, 6) is -0.706. The quantitative estimate of drug-likeness (QED) is 0.372. The highest BCUT2D eigenvalue weighted by Crippen LogP contribution is 2.32. The number of ether oxygens (including phenoxy) is 1. The number of aromatic carboxylic acids is 1. The van der Waals surface area contributed by atoms with Gasteiger partial charge in [0.15, 0.2) is 4.80 Å². The maximum Gasteiger partial charge on any atom is 0.335 e. The van der Waals surface area contributed by atoms with E-state index < -0.39 is 12.0 Å². The van der Waals surface area contributed by atoms with Gasteiger partial charge in [0.25, 0.3) is 11.5 Å². The molecular weight excluding hydrogens is 526 g/mol. The number of nitrogens with one attached hydrogen (secondary N) is 1. The van der Waals surface area contributed by atoms with Crippen LogP contribution in [0, 0.1) is 13.8 Å². The minimum atomic E-state index is -1.02. The van der Waals surface area contributed by atoms with Gasteiger partial charge in [-0.25, -0.2) is 9.79 Å². The molecule has 0 saturated carbocycles. The Hall–Kier alpha value is -4.76. The molecule has 9 heteroatoms. The number of carboxylic acids is 1. The molecule has 1 atom stereocenters. The summed E-state index contributed by atoms with van der Waals surface area (Å²) >= 11 is 1.22. The number of allylic oxidation sites excluding steroid dienone is 1. The highest BCUT2D eigenvalue weighted by atomic mass is 32.1. The van der Waals surface area contributed by atoms with Crippen LogP contribution >= 0.6 is 11.3 Å². The first-order valence-electron chi connectivity index (χ1n) is 12.5. The fraction of sp³-hybridized carbons (Fsp3) is 0.161. The minimum absolute atomic E-state index is 0.160. The Morgan fingerprint density at radius 1 is 1.02 bits per heavy atom. The molecule has 1 aromatic heterocycles. The van der Waals surface area contributed by atoms with Crippen LogP contribution in [0.15, 0.2) is 87.8 Å². The molecule has 8 nitrogen and oxygen atoms in total. The van der Waals surface area contributed by atoms with Gasteiger partial charge in [0.05, 0.1) is 34.5 Å². The third-order valence-electron chi connectivity index (χ3n) is 6.78. The van der Waals surface area contributed by atoms with E-state index in [9.17, 15) is 19.5 Å². The monoisotopic (exact) mass is 553 g/mol. The van der Waals surface area contributed by atoms with Crippen molar-refractivity contribution >= 4 is 35.0 Å². The predicted octanol–water partition coefficient (Wildman–Crippen LogP) is 4.20. The number of nitrogens with zero attached hydrogens (tertiary/aromatic N) is 2. The molecule has 1 amide bonds. The van der Waals surface area contributed by atoms with E-state index in [1.807, 2.05) is 44.2 Å². The van der Waals surface area contributed by atoms with Gasteiger partial charge in [0.2, 0.25) is 0 Å². The molecule has 1 aliphatic rings. The molecule has 0 unspecified atom stereocenters. The molecule has 5 rings (SSSR count). The number of carboxylic acid groups (broad SMARTS) is 1. The number of anilines is 1. The summed E-state index contributed by atoms with van der Waals surface area (Å²) in [6.07, 6.45) is 1.70. The second kappa shape index (κ2) is 10.8. The third-order valence-corrected chi connectivity index (χ3v) is 7.77. The van der Waals surface area contributed by atoms with Crippen molar-refractivity contribution in [3.63, 3.8) is 0 Å². The molecular formula is C31H27N3O5S. The summed E-state index contributed by atoms with van der Waals surface area (Å²) in [6.45, 7) is 5.70. The van der Waals surface area contributed by atoms with Crippen LogP contribution in [0.25, 0.3) is 6.08 Å². The van der Waals surface area contributed by atoms with E-state index in [0.29, 0.717) is 37.6 Å². The zero-order valence-electron chi connectivity index (χ0n) is 22.4. The van der Waals surface area contributed by atoms with Crippen molar-refractivity contribution in [1.29, 1.82) is 0 Å². The number of rotatable bonds is 6. The smallest absolute Gasteiger partial charge is 0.335 e. The number of amides is 1. The van der Waals surface area contributed by atoms with Crippen LogP contribution in [0.2, 0.25) is 0 Å². The highest BCUT2D eigenvalue weighted by molar-refractivity contribution is 7.07. The number of methoxy groups -OCH3 is 1. The summed E-state index contributed by atoms with van der Waals surface area (Å²) in [5.41, 5.74) is 4.87. The van der Waals surface area contributed by atoms with Gasteiger partial charge >= 0.3 is 5.97 Å². The largest absolute Gasteiger partial charge is 0.497 e. The average molecular weight is 554 g/mol. The zero-order valence-corrected chi connectivity index (χ0v) is 23.2. The Balaban J connectivity index is 1.64. The number of carbonyl (C=O) groups is 2. The van der Waals surface area contributed by atoms with Gasteiger partial charge < -0.3 is 15.2 Å². The van der Waals surface area contributed by atoms with Crippen LogP contribution in [-0.2, 0) is 4.79 Å². The first kappa shape index (κ1) is 26.8. The lowest BCUT2D eigenvalue weighted by Gasteiger charge is -2.25. The topological polar surface area (TPSA) is 110 Å². The van der Waals surface area contributed by atoms with Crippen LogP contribution in [0.5, 0.6) is 5.75 Å². The molecule has 40 heavy (non-hydrogen) atoms. The van der Waals surface area contributed by atoms with Gasteiger partial charge in [0.1, 0.15) is 5.75 Å². The first-order valence-corrected chi connectivity index (χ1v) is 13.4. The number of hydrogen-bond acceptors (Lipinski definition) is 6. The molecule has 0 radical (unpaired) electrons. The van der Waals surface area contributed by atoms with Crippen LogP contribution in [0.3, 0.4) is 0 Å². The SMILES string of the molecule is COc1ccc([C@@H]2C(C(=O)Nc3ccc(C)cc3C)=C(C)N=c3s/c(=C/c4ccc(C(=O)O)cc4)c(=O)n32)cc1. The van der Waals surface area contributed by atoms with Crippen molar-refractivity contribution in [1.82, 2.24) is 4.57 Å². The lowest BCUT2D eigenvalue weighted by molar-refractivity contribution is -0.113. The average Bonchev–Trinajstić information content (AvgIpc) is 3.23. The van der Waals surface area contributed by atoms with Crippen LogP contribution in [0.4, 0.5) is 5.69 Å². The fourth-order valence-corrected chi connectivity index (χ4v) is 5.78. The number of aromatic nitrogens is 1. The van der Waals surface area contributed by atoms with Crippen molar-refractivity contribution in [2.45, 2.75) is 26.8 Å². The number of hydrogen-bond donors (Lipinski definition) is 2. The van der Waals surface area contributed by atoms with E-state index in [1.54, 1.807) is 48.9 Å². The summed E-state index contributed by atoms with van der Waals surface area (Å²) in [6, 6.07) is 18.6. The fourth-order valence-electron chi connectivity index (χ4n) is 4.73. The predicted molar refractivity (Wildman–Crippen MR) is 155 cm³/mol. The van der Waals surface area contributed by atoms with Gasteiger partial charge in [-0.1, -0.05) is 53.3 Å². The van der Waals surface area contributed by atoms with Gasteiger partial charge in [-0.3, -0.25) is 14.2 Å². The maximum atomic E-state index is 13.8. The molecule has 2 N–H and O–H groups in total. The molecule has 0 aliphatic carbocycles. The molecule has 0 saturated heterocycles. The molecule has 2 heterocycles. The molecule has 0 fully saturated rings. The van der Waals surface area contributed by atoms with Crippen molar-refractivity contribution in [2.75, 3.05) is 12.4 Å². The second-order valence-corrected chi connectivity index (χ2v) is 10.6.